The zero-order chi connectivity index (χ0) is 9.03. The highest BCUT2D eigenvalue weighted by molar-refractivity contribution is 7.99. The minimum absolute atomic E-state index is 0.198. The third kappa shape index (κ3) is 1.93. The Bertz CT molecular complexity index is 161. The molecule has 0 bridgehead atoms. The largest absolute Gasteiger partial charge is 0.368 e. The first-order valence-corrected chi connectivity index (χ1v) is 5.49. The lowest BCUT2D eigenvalue weighted by Crippen LogP contribution is -2.58. The first-order chi connectivity index (χ1) is 5.71. The highest BCUT2D eigenvalue weighted by atomic mass is 32.2. The highest BCUT2D eigenvalue weighted by Gasteiger charge is 2.37. The molecule has 1 rings (SSSR count). The molecule has 3 N–H and O–H groups in total. The van der Waals surface area contributed by atoms with Gasteiger partial charge < -0.3 is 11.1 Å². The molecule has 12 heavy (non-hydrogen) atoms. The van der Waals surface area contributed by atoms with E-state index in [9.17, 15) is 4.79 Å². The van der Waals surface area contributed by atoms with Crippen molar-refractivity contribution in [2.24, 2.45) is 5.73 Å². The summed E-state index contributed by atoms with van der Waals surface area (Å²) in [5, 5.41) is 3.20. The van der Waals surface area contributed by atoms with Crippen molar-refractivity contribution in [3.05, 3.63) is 0 Å². The van der Waals surface area contributed by atoms with Crippen LogP contribution in [0.2, 0.25) is 0 Å². The average molecular weight is 188 g/mol. The Hall–Kier alpha value is -0.220. The van der Waals surface area contributed by atoms with Crippen LogP contribution in [0.5, 0.6) is 0 Å². The number of hydrogen-bond donors (Lipinski definition) is 2. The summed E-state index contributed by atoms with van der Waals surface area (Å²) < 4.78 is 0. The molecule has 0 aromatic heterocycles. The number of nitrogens with two attached hydrogens (primary N) is 1. The first kappa shape index (κ1) is 9.86. The van der Waals surface area contributed by atoms with Crippen molar-refractivity contribution in [1.82, 2.24) is 5.32 Å². The van der Waals surface area contributed by atoms with E-state index in [4.69, 9.17) is 5.73 Å². The van der Waals surface area contributed by atoms with Gasteiger partial charge in [-0.1, -0.05) is 6.92 Å². The predicted octanol–water partition coefficient (Wildman–Crippen LogP) is 0.347. The maximum Gasteiger partial charge on any atom is 0.238 e. The molecule has 1 aliphatic heterocycles. The Morgan fingerprint density at radius 3 is 2.92 bits per heavy atom. The normalized spacial score (nSPS) is 30.1. The second kappa shape index (κ2) is 4.14. The van der Waals surface area contributed by atoms with Gasteiger partial charge in [0.15, 0.2) is 0 Å². The second-order valence-electron chi connectivity index (χ2n) is 3.13. The van der Waals surface area contributed by atoms with E-state index in [0.717, 1.165) is 30.9 Å². The van der Waals surface area contributed by atoms with Crippen LogP contribution in [0.3, 0.4) is 0 Å². The Balaban J connectivity index is 2.63. The highest BCUT2D eigenvalue weighted by Crippen LogP contribution is 2.26. The molecule has 1 fully saturated rings. The summed E-state index contributed by atoms with van der Waals surface area (Å²) in [6.07, 6.45) is 1.98. The van der Waals surface area contributed by atoms with Crippen molar-refractivity contribution in [1.29, 1.82) is 0 Å². The molecule has 3 nitrogen and oxygen atoms in total. The molecule has 0 aliphatic carbocycles. The monoisotopic (exact) mass is 188 g/mol. The van der Waals surface area contributed by atoms with Gasteiger partial charge in [0, 0.05) is 5.75 Å². The van der Waals surface area contributed by atoms with Crippen LogP contribution in [0.4, 0.5) is 0 Å². The number of carbonyl (C=O) groups is 1. The van der Waals surface area contributed by atoms with Crippen LogP contribution in [-0.4, -0.2) is 29.5 Å². The molecule has 70 valence electrons. The number of carbonyl (C=O) groups excluding carboxylic acids is 1. The van der Waals surface area contributed by atoms with Crippen LogP contribution in [0.1, 0.15) is 19.8 Å². The molecule has 0 saturated carbocycles. The zero-order valence-electron chi connectivity index (χ0n) is 7.43. The van der Waals surface area contributed by atoms with Crippen molar-refractivity contribution in [3.63, 3.8) is 0 Å². The van der Waals surface area contributed by atoms with E-state index in [1.807, 2.05) is 6.92 Å². The van der Waals surface area contributed by atoms with E-state index in [1.54, 1.807) is 11.8 Å². The standard InChI is InChI=1S/C8H16N2OS/c1-2-10-8(7(9)11)4-3-5-12-6-8/h10H,2-6H2,1H3,(H2,9,11). The van der Waals surface area contributed by atoms with E-state index in [0.29, 0.717) is 0 Å². The number of hydrogen-bond acceptors (Lipinski definition) is 3. The Kier molecular flexibility index (Phi) is 3.40. The van der Waals surface area contributed by atoms with E-state index < -0.39 is 5.54 Å². The number of thioether (sulfide) groups is 1. The van der Waals surface area contributed by atoms with Crippen molar-refractivity contribution < 1.29 is 4.79 Å². The van der Waals surface area contributed by atoms with Gasteiger partial charge >= 0.3 is 0 Å². The number of nitrogens with one attached hydrogen (secondary N) is 1. The number of likely N-dealkylation sites (N-methyl/N-ethyl adjacent to an activating group) is 1. The van der Waals surface area contributed by atoms with E-state index in [1.165, 1.54) is 0 Å². The van der Waals surface area contributed by atoms with E-state index in [2.05, 4.69) is 5.32 Å². The van der Waals surface area contributed by atoms with Gasteiger partial charge in [-0.3, -0.25) is 4.79 Å². The molecule has 1 unspecified atom stereocenters. The molecule has 1 amide bonds. The SMILES string of the molecule is CCNC1(C(N)=O)CCCSC1. The molecular weight excluding hydrogens is 172 g/mol. The van der Waals surface area contributed by atoms with Crippen LogP contribution in [0.15, 0.2) is 0 Å². The van der Waals surface area contributed by atoms with Crippen molar-refractivity contribution in [2.75, 3.05) is 18.1 Å². The minimum atomic E-state index is -0.419. The van der Waals surface area contributed by atoms with Crippen LogP contribution < -0.4 is 11.1 Å². The van der Waals surface area contributed by atoms with Gasteiger partial charge in [0.2, 0.25) is 5.91 Å². The molecule has 1 heterocycles. The lowest BCUT2D eigenvalue weighted by atomic mass is 9.94. The smallest absolute Gasteiger partial charge is 0.238 e. The maximum atomic E-state index is 11.2. The second-order valence-corrected chi connectivity index (χ2v) is 4.24. The van der Waals surface area contributed by atoms with Crippen LogP contribution in [-0.2, 0) is 4.79 Å². The summed E-state index contributed by atoms with van der Waals surface area (Å²) in [7, 11) is 0. The summed E-state index contributed by atoms with van der Waals surface area (Å²) in [6.45, 7) is 2.81. The summed E-state index contributed by atoms with van der Waals surface area (Å²) in [5.41, 5.74) is 4.95. The lowest BCUT2D eigenvalue weighted by Gasteiger charge is -2.34. The maximum absolute atomic E-state index is 11.2. The molecular formula is C8H16N2OS. The quantitative estimate of drug-likeness (QED) is 0.672. The number of amides is 1. The van der Waals surface area contributed by atoms with Crippen LogP contribution >= 0.6 is 11.8 Å². The predicted molar refractivity (Wildman–Crippen MR) is 52.2 cm³/mol. The van der Waals surface area contributed by atoms with Gasteiger partial charge in [-0.2, -0.15) is 11.8 Å². The average Bonchev–Trinajstić information content (AvgIpc) is 2.06. The molecule has 4 heteroatoms. The molecule has 0 spiro atoms. The molecule has 0 aromatic carbocycles. The summed E-state index contributed by atoms with van der Waals surface area (Å²) in [5.74, 6) is 1.79. The van der Waals surface area contributed by atoms with Crippen molar-refractivity contribution in [2.45, 2.75) is 25.3 Å². The molecule has 1 aliphatic rings. The first-order valence-electron chi connectivity index (χ1n) is 4.34. The van der Waals surface area contributed by atoms with Gasteiger partial charge in [0.05, 0.1) is 0 Å². The van der Waals surface area contributed by atoms with Crippen molar-refractivity contribution >= 4 is 17.7 Å². The van der Waals surface area contributed by atoms with Crippen molar-refractivity contribution in [3.8, 4) is 0 Å². The summed E-state index contributed by atoms with van der Waals surface area (Å²) in [4.78, 5) is 11.2. The number of rotatable bonds is 3. The van der Waals surface area contributed by atoms with Gasteiger partial charge in [-0.05, 0) is 25.1 Å². The minimum Gasteiger partial charge on any atom is -0.368 e. The Morgan fingerprint density at radius 2 is 2.50 bits per heavy atom. The van der Waals surface area contributed by atoms with E-state index in [-0.39, 0.29) is 5.91 Å². The fourth-order valence-electron chi connectivity index (χ4n) is 1.55. The van der Waals surface area contributed by atoms with Gasteiger partial charge in [-0.15, -0.1) is 0 Å². The number of primary amides is 1. The molecule has 0 aromatic rings. The zero-order valence-corrected chi connectivity index (χ0v) is 8.25. The fourth-order valence-corrected chi connectivity index (χ4v) is 2.78. The third-order valence-electron chi connectivity index (χ3n) is 2.23. The van der Waals surface area contributed by atoms with Crippen LogP contribution in [0.25, 0.3) is 0 Å². The van der Waals surface area contributed by atoms with Gasteiger partial charge in [0.1, 0.15) is 5.54 Å². The molecule has 1 saturated heterocycles. The van der Waals surface area contributed by atoms with Gasteiger partial charge in [-0.25, -0.2) is 0 Å². The van der Waals surface area contributed by atoms with E-state index >= 15 is 0 Å². The van der Waals surface area contributed by atoms with Gasteiger partial charge in [0.25, 0.3) is 0 Å². The topological polar surface area (TPSA) is 55.1 Å². The molecule has 0 radical (unpaired) electrons. The molecule has 1 atom stereocenters. The Labute approximate surface area is 77.5 Å². The lowest BCUT2D eigenvalue weighted by molar-refractivity contribution is -0.123. The Morgan fingerprint density at radius 1 is 1.75 bits per heavy atom. The van der Waals surface area contributed by atoms with Crippen LogP contribution in [0, 0.1) is 0 Å². The summed E-state index contributed by atoms with van der Waals surface area (Å²) >= 11 is 1.81. The third-order valence-corrected chi connectivity index (χ3v) is 3.50. The summed E-state index contributed by atoms with van der Waals surface area (Å²) in [6, 6.07) is 0. The fraction of sp³-hybridized carbons (Fsp3) is 0.875.